The van der Waals surface area contributed by atoms with Crippen LogP contribution in [0.1, 0.15) is 65.2 Å². The quantitative estimate of drug-likeness (QED) is 0.594. The Labute approximate surface area is 188 Å². The van der Waals surface area contributed by atoms with Gasteiger partial charge in [-0.15, -0.1) is 0 Å². The van der Waals surface area contributed by atoms with Crippen molar-refractivity contribution >= 4 is 11.9 Å². The van der Waals surface area contributed by atoms with Gasteiger partial charge in [-0.25, -0.2) is 13.6 Å². The summed E-state index contributed by atoms with van der Waals surface area (Å²) in [6, 6.07) is 0.956. The summed E-state index contributed by atoms with van der Waals surface area (Å²) in [5.41, 5.74) is -0.843. The van der Waals surface area contributed by atoms with E-state index in [2.05, 4.69) is 15.5 Å². The summed E-state index contributed by atoms with van der Waals surface area (Å²) in [6.45, 7) is 6.73. The molecule has 178 valence electrons. The van der Waals surface area contributed by atoms with Crippen LogP contribution >= 0.6 is 0 Å². The summed E-state index contributed by atoms with van der Waals surface area (Å²) >= 11 is 0. The molecule has 4 fully saturated rings. The molecule has 2 N–H and O–H groups in total. The predicted molar refractivity (Wildman–Crippen MR) is 115 cm³/mol. The highest BCUT2D eigenvalue weighted by molar-refractivity contribution is 5.88. The van der Waals surface area contributed by atoms with Crippen molar-refractivity contribution in [1.82, 2.24) is 20.4 Å². The first kappa shape index (κ1) is 23.2. The lowest BCUT2D eigenvalue weighted by atomic mass is 9.72. The molecule has 4 aliphatic rings. The van der Waals surface area contributed by atoms with E-state index in [0.29, 0.717) is 25.9 Å². The van der Waals surface area contributed by atoms with Gasteiger partial charge in [-0.3, -0.25) is 4.79 Å². The zero-order chi connectivity index (χ0) is 23.1. The van der Waals surface area contributed by atoms with Gasteiger partial charge in [-0.05, 0) is 57.5 Å². The highest BCUT2D eigenvalue weighted by Crippen LogP contribution is 2.43. The van der Waals surface area contributed by atoms with Crippen LogP contribution in [-0.4, -0.2) is 71.5 Å². The number of rotatable bonds is 8. The van der Waals surface area contributed by atoms with Gasteiger partial charge in [0.1, 0.15) is 11.6 Å². The van der Waals surface area contributed by atoms with Gasteiger partial charge in [-0.1, -0.05) is 13.8 Å². The molecule has 1 unspecified atom stereocenters. The Morgan fingerprint density at radius 3 is 2.25 bits per heavy atom. The number of nitriles is 1. The van der Waals surface area contributed by atoms with Crippen LogP contribution in [0.5, 0.6) is 0 Å². The van der Waals surface area contributed by atoms with Gasteiger partial charge >= 0.3 is 6.03 Å². The minimum Gasteiger partial charge on any atom is -0.336 e. The van der Waals surface area contributed by atoms with Gasteiger partial charge in [0.25, 0.3) is 5.92 Å². The fourth-order valence-corrected chi connectivity index (χ4v) is 5.17. The summed E-state index contributed by atoms with van der Waals surface area (Å²) in [5.74, 6) is -4.03. The standard InChI is InChI=1S/C23H35F2N5O2/c1-16(2)11-23(24,25)12-18(19(31)28-22(13-26)5-6-22)27-20(32)30-14-21(15-30)7-9-29(10-8-21)17-3-4-17/h16-18H,3-12,14-15H2,1-2H3,(H,27,32)(H,28,31). The second-order valence-corrected chi connectivity index (χ2v) is 11.0. The number of carbonyl (C=O) groups is 2. The lowest BCUT2D eigenvalue weighted by Gasteiger charge is -2.54. The molecule has 1 spiro atoms. The van der Waals surface area contributed by atoms with Crippen molar-refractivity contribution in [3.05, 3.63) is 0 Å². The molecule has 0 aromatic rings. The fraction of sp³-hybridized carbons (Fsp3) is 0.870. The fourth-order valence-electron chi connectivity index (χ4n) is 5.17. The van der Waals surface area contributed by atoms with E-state index >= 15 is 0 Å². The number of likely N-dealkylation sites (tertiary alicyclic amines) is 2. The molecule has 2 aliphatic heterocycles. The monoisotopic (exact) mass is 451 g/mol. The molecule has 0 radical (unpaired) electrons. The summed E-state index contributed by atoms with van der Waals surface area (Å²) in [5, 5.41) is 14.4. The van der Waals surface area contributed by atoms with E-state index in [9.17, 15) is 23.6 Å². The first-order valence-corrected chi connectivity index (χ1v) is 12.0. The number of nitrogens with zero attached hydrogens (tertiary/aromatic N) is 3. The molecule has 32 heavy (non-hydrogen) atoms. The number of halogens is 2. The second-order valence-electron chi connectivity index (χ2n) is 11.0. The summed E-state index contributed by atoms with van der Waals surface area (Å²) in [6.07, 6.45) is 4.57. The van der Waals surface area contributed by atoms with Gasteiger partial charge in [0.2, 0.25) is 5.91 Å². The van der Waals surface area contributed by atoms with Crippen LogP contribution in [0.2, 0.25) is 0 Å². The number of amides is 3. The number of nitrogens with one attached hydrogen (secondary N) is 2. The van der Waals surface area contributed by atoms with Crippen LogP contribution in [0.4, 0.5) is 13.6 Å². The second kappa shape index (κ2) is 8.44. The first-order valence-electron chi connectivity index (χ1n) is 12.0. The Kier molecular flexibility index (Phi) is 6.12. The number of urea groups is 1. The zero-order valence-electron chi connectivity index (χ0n) is 19.1. The highest BCUT2D eigenvalue weighted by Gasteiger charge is 2.50. The van der Waals surface area contributed by atoms with Crippen LogP contribution in [0.3, 0.4) is 0 Å². The topological polar surface area (TPSA) is 88.5 Å². The van der Waals surface area contributed by atoms with Crippen molar-refractivity contribution in [1.29, 1.82) is 5.26 Å². The van der Waals surface area contributed by atoms with Crippen molar-refractivity contribution in [2.45, 2.75) is 88.8 Å². The molecule has 2 saturated carbocycles. The predicted octanol–water partition coefficient (Wildman–Crippen LogP) is 2.87. The SMILES string of the molecule is CC(C)CC(F)(F)CC(NC(=O)N1CC2(CCN(C3CC3)CC2)C1)C(=O)NC1(C#N)CC1. The third kappa shape index (κ3) is 5.33. The van der Waals surface area contributed by atoms with Gasteiger partial charge in [0, 0.05) is 37.4 Å². The maximum absolute atomic E-state index is 14.5. The highest BCUT2D eigenvalue weighted by atomic mass is 19.3. The smallest absolute Gasteiger partial charge is 0.318 e. The van der Waals surface area contributed by atoms with E-state index in [0.717, 1.165) is 32.0 Å². The third-order valence-electron chi connectivity index (χ3n) is 7.41. The average Bonchev–Trinajstić information content (AvgIpc) is 3.59. The van der Waals surface area contributed by atoms with E-state index in [1.165, 1.54) is 12.8 Å². The van der Waals surface area contributed by atoms with Crippen molar-refractivity contribution < 1.29 is 18.4 Å². The van der Waals surface area contributed by atoms with Crippen LogP contribution in [0.25, 0.3) is 0 Å². The number of hydrogen-bond acceptors (Lipinski definition) is 4. The van der Waals surface area contributed by atoms with Gasteiger partial charge < -0.3 is 20.4 Å². The van der Waals surface area contributed by atoms with E-state index in [4.69, 9.17) is 0 Å². The lowest BCUT2D eigenvalue weighted by Crippen LogP contribution is -2.65. The van der Waals surface area contributed by atoms with Crippen LogP contribution in [0, 0.1) is 22.7 Å². The zero-order valence-corrected chi connectivity index (χ0v) is 19.1. The maximum atomic E-state index is 14.5. The van der Waals surface area contributed by atoms with E-state index in [1.54, 1.807) is 18.7 Å². The van der Waals surface area contributed by atoms with Crippen LogP contribution in [0.15, 0.2) is 0 Å². The Hall–Kier alpha value is -1.95. The maximum Gasteiger partial charge on any atom is 0.318 e. The van der Waals surface area contributed by atoms with Crippen molar-refractivity contribution in [3.63, 3.8) is 0 Å². The molecule has 2 saturated heterocycles. The molecular formula is C23H35F2N5O2. The molecule has 3 amide bonds. The van der Waals surface area contributed by atoms with Crippen molar-refractivity contribution in [2.75, 3.05) is 26.2 Å². The largest absolute Gasteiger partial charge is 0.336 e. The normalized spacial score (nSPS) is 25.1. The average molecular weight is 452 g/mol. The summed E-state index contributed by atoms with van der Waals surface area (Å²) < 4.78 is 29.1. The molecular weight excluding hydrogens is 416 g/mol. The van der Waals surface area contributed by atoms with Gasteiger partial charge in [0.15, 0.2) is 0 Å². The van der Waals surface area contributed by atoms with Crippen molar-refractivity contribution in [3.8, 4) is 6.07 Å². The minimum absolute atomic E-state index is 0.126. The Morgan fingerprint density at radius 1 is 1.12 bits per heavy atom. The van der Waals surface area contributed by atoms with E-state index in [-0.39, 0.29) is 17.8 Å². The van der Waals surface area contributed by atoms with E-state index < -0.39 is 35.9 Å². The number of alkyl halides is 2. The van der Waals surface area contributed by atoms with Crippen molar-refractivity contribution in [2.24, 2.45) is 11.3 Å². The number of carbonyl (C=O) groups excluding carboxylic acids is 2. The molecule has 1 atom stereocenters. The molecule has 2 aliphatic carbocycles. The Morgan fingerprint density at radius 2 is 1.75 bits per heavy atom. The first-order chi connectivity index (χ1) is 15.0. The lowest BCUT2D eigenvalue weighted by molar-refractivity contribution is -0.127. The van der Waals surface area contributed by atoms with Gasteiger partial charge in [-0.2, -0.15) is 5.26 Å². The molecule has 0 bridgehead atoms. The molecule has 0 aromatic carbocycles. The number of piperidine rings is 1. The summed E-state index contributed by atoms with van der Waals surface area (Å²) in [4.78, 5) is 29.7. The minimum atomic E-state index is -3.08. The van der Waals surface area contributed by atoms with Crippen LogP contribution in [-0.2, 0) is 4.79 Å². The molecule has 4 rings (SSSR count). The Bertz CT molecular complexity index is 772. The van der Waals surface area contributed by atoms with Crippen LogP contribution < -0.4 is 10.6 Å². The number of hydrogen-bond donors (Lipinski definition) is 2. The molecule has 9 heteroatoms. The molecule has 2 heterocycles. The Balaban J connectivity index is 1.33. The van der Waals surface area contributed by atoms with Gasteiger partial charge in [0.05, 0.1) is 6.07 Å². The molecule has 7 nitrogen and oxygen atoms in total. The summed E-state index contributed by atoms with van der Waals surface area (Å²) in [7, 11) is 0. The molecule has 0 aromatic heterocycles. The van der Waals surface area contributed by atoms with E-state index in [1.807, 2.05) is 6.07 Å². The third-order valence-corrected chi connectivity index (χ3v) is 7.41.